The van der Waals surface area contributed by atoms with Gasteiger partial charge < -0.3 is 14.8 Å². The van der Waals surface area contributed by atoms with Crippen LogP contribution >= 0.6 is 0 Å². The minimum Gasteiger partial charge on any atom is -0.493 e. The molecule has 0 saturated carbocycles. The molecule has 1 N–H and O–H groups in total. The number of carbonyl (C=O) groups is 1. The third-order valence-electron chi connectivity index (χ3n) is 3.73. The number of anilines is 1. The van der Waals surface area contributed by atoms with Crippen LogP contribution in [0.15, 0.2) is 60.8 Å². The summed E-state index contributed by atoms with van der Waals surface area (Å²) in [5, 5.41) is 3.84. The summed E-state index contributed by atoms with van der Waals surface area (Å²) in [5.74, 6) is 1.03. The summed E-state index contributed by atoms with van der Waals surface area (Å²) in [7, 11) is 3.16. The van der Waals surface area contributed by atoms with Crippen LogP contribution in [-0.4, -0.2) is 25.1 Å². The number of nitrogens with zero attached hydrogens (tertiary/aromatic N) is 1. The molecule has 3 aromatic rings. The second kappa shape index (κ2) is 7.49. The van der Waals surface area contributed by atoms with Gasteiger partial charge in [0.2, 0.25) is 5.91 Å². The lowest BCUT2D eigenvalue weighted by Gasteiger charge is -2.08. The van der Waals surface area contributed by atoms with Gasteiger partial charge >= 0.3 is 0 Å². The van der Waals surface area contributed by atoms with E-state index in [0.717, 1.165) is 16.5 Å². The van der Waals surface area contributed by atoms with Crippen LogP contribution in [0.5, 0.6) is 11.5 Å². The second-order valence-electron chi connectivity index (χ2n) is 5.32. The predicted octanol–water partition coefficient (Wildman–Crippen LogP) is 3.90. The summed E-state index contributed by atoms with van der Waals surface area (Å²) in [6.45, 7) is 0. The first-order valence-electron chi connectivity index (χ1n) is 7.76. The largest absolute Gasteiger partial charge is 0.493 e. The van der Waals surface area contributed by atoms with E-state index in [-0.39, 0.29) is 5.91 Å². The van der Waals surface area contributed by atoms with Gasteiger partial charge in [-0.2, -0.15) is 0 Å². The van der Waals surface area contributed by atoms with Gasteiger partial charge in [-0.1, -0.05) is 24.3 Å². The molecule has 3 rings (SSSR count). The first-order valence-corrected chi connectivity index (χ1v) is 7.76. The molecule has 5 nitrogen and oxygen atoms in total. The summed E-state index contributed by atoms with van der Waals surface area (Å²) in [6.07, 6.45) is 4.90. The Balaban J connectivity index is 1.77. The fourth-order valence-electron chi connectivity index (χ4n) is 2.51. The van der Waals surface area contributed by atoms with Crippen LogP contribution in [0.4, 0.5) is 5.69 Å². The minimum atomic E-state index is -0.229. The van der Waals surface area contributed by atoms with Gasteiger partial charge in [0.25, 0.3) is 0 Å². The Hall–Kier alpha value is -3.34. The van der Waals surface area contributed by atoms with Crippen molar-refractivity contribution in [3.05, 3.63) is 66.4 Å². The highest BCUT2D eigenvalue weighted by atomic mass is 16.5. The van der Waals surface area contributed by atoms with Crippen LogP contribution in [0.25, 0.3) is 17.0 Å². The second-order valence-corrected chi connectivity index (χ2v) is 5.32. The minimum absolute atomic E-state index is 0.229. The Morgan fingerprint density at radius 2 is 1.84 bits per heavy atom. The Bertz CT molecular complexity index is 930. The van der Waals surface area contributed by atoms with Crippen molar-refractivity contribution < 1.29 is 14.3 Å². The molecule has 0 saturated heterocycles. The zero-order chi connectivity index (χ0) is 17.6. The van der Waals surface area contributed by atoms with Gasteiger partial charge in [0, 0.05) is 17.7 Å². The molecular weight excluding hydrogens is 316 g/mol. The number of methoxy groups -OCH3 is 2. The monoisotopic (exact) mass is 334 g/mol. The molecule has 5 heteroatoms. The number of rotatable bonds is 5. The molecule has 25 heavy (non-hydrogen) atoms. The molecule has 0 radical (unpaired) electrons. The van der Waals surface area contributed by atoms with E-state index in [2.05, 4.69) is 10.3 Å². The van der Waals surface area contributed by atoms with Gasteiger partial charge in [-0.25, -0.2) is 0 Å². The first kappa shape index (κ1) is 16.5. The Labute approximate surface area is 145 Å². The number of hydrogen-bond acceptors (Lipinski definition) is 4. The van der Waals surface area contributed by atoms with E-state index in [1.165, 1.54) is 6.08 Å². The molecule has 0 unspecified atom stereocenters. The summed E-state index contributed by atoms with van der Waals surface area (Å²) in [5.41, 5.74) is 2.28. The third-order valence-corrected chi connectivity index (χ3v) is 3.73. The Kier molecular flexibility index (Phi) is 4.95. The number of aromatic nitrogens is 1. The predicted molar refractivity (Wildman–Crippen MR) is 99.0 cm³/mol. The summed E-state index contributed by atoms with van der Waals surface area (Å²) in [4.78, 5) is 16.6. The fourth-order valence-corrected chi connectivity index (χ4v) is 2.51. The maximum absolute atomic E-state index is 12.2. The zero-order valence-electron chi connectivity index (χ0n) is 14.0. The smallest absolute Gasteiger partial charge is 0.248 e. The molecule has 0 fully saturated rings. The van der Waals surface area contributed by atoms with Gasteiger partial charge in [-0.15, -0.1) is 0 Å². The van der Waals surface area contributed by atoms with Crippen molar-refractivity contribution in [3.63, 3.8) is 0 Å². The summed E-state index contributed by atoms with van der Waals surface area (Å²) < 4.78 is 10.5. The molecule has 2 aromatic carbocycles. The number of hydrogen-bond donors (Lipinski definition) is 1. The van der Waals surface area contributed by atoms with Gasteiger partial charge in [0.15, 0.2) is 11.5 Å². The molecule has 0 bridgehead atoms. The highest BCUT2D eigenvalue weighted by Crippen LogP contribution is 2.28. The summed E-state index contributed by atoms with van der Waals surface area (Å²) in [6, 6.07) is 15.0. The lowest BCUT2D eigenvalue weighted by molar-refractivity contribution is -0.111. The van der Waals surface area contributed by atoms with Gasteiger partial charge in [-0.3, -0.25) is 9.78 Å². The van der Waals surface area contributed by atoms with E-state index < -0.39 is 0 Å². The zero-order valence-corrected chi connectivity index (χ0v) is 14.0. The maximum Gasteiger partial charge on any atom is 0.248 e. The highest BCUT2D eigenvalue weighted by molar-refractivity contribution is 6.06. The number of para-hydroxylation sites is 1. The molecule has 0 atom stereocenters. The lowest BCUT2D eigenvalue weighted by atomic mass is 10.1. The molecule has 1 heterocycles. The fraction of sp³-hybridized carbons (Fsp3) is 0.100. The molecule has 1 aromatic heterocycles. The van der Waals surface area contributed by atoms with Crippen molar-refractivity contribution in [3.8, 4) is 11.5 Å². The summed E-state index contributed by atoms with van der Waals surface area (Å²) >= 11 is 0. The van der Waals surface area contributed by atoms with Gasteiger partial charge in [0.1, 0.15) is 0 Å². The van der Waals surface area contributed by atoms with Crippen molar-refractivity contribution in [2.24, 2.45) is 0 Å². The van der Waals surface area contributed by atoms with Gasteiger partial charge in [-0.05, 0) is 35.9 Å². The Morgan fingerprint density at radius 3 is 2.64 bits per heavy atom. The molecule has 0 spiro atoms. The van der Waals surface area contributed by atoms with Crippen LogP contribution in [0, 0.1) is 0 Å². The van der Waals surface area contributed by atoms with E-state index in [1.807, 2.05) is 42.5 Å². The van der Waals surface area contributed by atoms with Crippen molar-refractivity contribution in [1.82, 2.24) is 4.98 Å². The number of amides is 1. The van der Waals surface area contributed by atoms with E-state index in [9.17, 15) is 4.79 Å². The molecule has 0 aliphatic rings. The number of ether oxygens (including phenoxy) is 2. The first-order chi connectivity index (χ1) is 12.2. The van der Waals surface area contributed by atoms with Crippen molar-refractivity contribution in [2.75, 3.05) is 19.5 Å². The maximum atomic E-state index is 12.2. The third kappa shape index (κ3) is 3.77. The average Bonchev–Trinajstić information content (AvgIpc) is 2.66. The molecule has 0 aliphatic heterocycles. The molecule has 0 aliphatic carbocycles. The van der Waals surface area contributed by atoms with E-state index >= 15 is 0 Å². The van der Waals surface area contributed by atoms with Crippen LogP contribution in [0.2, 0.25) is 0 Å². The number of fused-ring (bicyclic) bond motifs is 1. The normalized spacial score (nSPS) is 10.8. The Morgan fingerprint density at radius 1 is 1.04 bits per heavy atom. The number of benzene rings is 2. The van der Waals surface area contributed by atoms with Crippen molar-refractivity contribution in [2.45, 2.75) is 0 Å². The quantitative estimate of drug-likeness (QED) is 0.719. The molecule has 1 amide bonds. The van der Waals surface area contributed by atoms with Crippen LogP contribution < -0.4 is 14.8 Å². The SMILES string of the molecule is COc1ccc(/C=C\C(=O)Nc2cccc3cccnc23)cc1OC. The van der Waals surface area contributed by atoms with E-state index in [4.69, 9.17) is 9.47 Å². The van der Waals surface area contributed by atoms with E-state index in [0.29, 0.717) is 17.2 Å². The van der Waals surface area contributed by atoms with Gasteiger partial charge in [0.05, 0.1) is 25.4 Å². The van der Waals surface area contributed by atoms with Crippen LogP contribution in [-0.2, 0) is 4.79 Å². The lowest BCUT2D eigenvalue weighted by Crippen LogP contribution is -2.08. The van der Waals surface area contributed by atoms with Crippen molar-refractivity contribution in [1.29, 1.82) is 0 Å². The topological polar surface area (TPSA) is 60.5 Å². The average molecular weight is 334 g/mol. The molecular formula is C20H18N2O3. The van der Waals surface area contributed by atoms with Crippen LogP contribution in [0.3, 0.4) is 0 Å². The van der Waals surface area contributed by atoms with Crippen molar-refractivity contribution >= 4 is 28.6 Å². The van der Waals surface area contributed by atoms with E-state index in [1.54, 1.807) is 32.6 Å². The standard InChI is InChI=1S/C20H18N2O3/c1-24-17-10-8-14(13-18(17)25-2)9-11-19(23)22-16-7-3-5-15-6-4-12-21-20(15)16/h3-13H,1-2H3,(H,22,23)/b11-9-. The number of nitrogens with one attached hydrogen (secondary N) is 1. The number of carbonyl (C=O) groups excluding carboxylic acids is 1. The molecule has 126 valence electrons. The van der Waals surface area contributed by atoms with Crippen LogP contribution in [0.1, 0.15) is 5.56 Å². The number of pyridine rings is 1. The highest BCUT2D eigenvalue weighted by Gasteiger charge is 2.05.